The molecule has 0 unspecified atom stereocenters. The highest BCUT2D eigenvalue weighted by Gasteiger charge is 2.26. The van der Waals surface area contributed by atoms with Crippen LogP contribution < -0.4 is 15.5 Å². The zero-order chi connectivity index (χ0) is 30.8. The monoisotopic (exact) mass is 617 g/mol. The minimum Gasteiger partial charge on any atom is -0.379 e. The van der Waals surface area contributed by atoms with Crippen molar-refractivity contribution in [3.8, 4) is 0 Å². The van der Waals surface area contributed by atoms with Crippen LogP contribution in [0.2, 0.25) is 0 Å². The summed E-state index contributed by atoms with van der Waals surface area (Å²) in [6.45, 7) is 3.17. The number of carbonyl (C=O) groups is 1. The number of anilines is 5. The Hall–Kier alpha value is -4.86. The summed E-state index contributed by atoms with van der Waals surface area (Å²) in [6.07, 6.45) is 1.65. The summed E-state index contributed by atoms with van der Waals surface area (Å²) in [5.41, 5.74) is 3.47. The number of hydrogen-bond donors (Lipinski definition) is 2. The maximum Gasteiger partial charge on any atom is 0.243 e. The third kappa shape index (κ3) is 5.97. The lowest BCUT2D eigenvalue weighted by Crippen LogP contribution is -2.40. The highest BCUT2D eigenvalue weighted by molar-refractivity contribution is 7.89. The SMILES string of the molecule is Cc1cc(CC(=O)Nc2nc3c(N(C)c4ccnc(Nc5cccc(S(=O)(=O)N6CCOCC6)c5)n4)cccc3n2C)on1. The molecule has 1 aliphatic rings. The lowest BCUT2D eigenvalue weighted by atomic mass is 10.2. The van der Waals surface area contributed by atoms with Crippen LogP contribution in [0.1, 0.15) is 11.5 Å². The molecule has 4 heterocycles. The van der Waals surface area contributed by atoms with E-state index in [-0.39, 0.29) is 17.2 Å². The van der Waals surface area contributed by atoms with Crippen LogP contribution in [0.25, 0.3) is 11.0 Å². The van der Waals surface area contributed by atoms with E-state index < -0.39 is 10.0 Å². The van der Waals surface area contributed by atoms with Gasteiger partial charge in [-0.15, -0.1) is 0 Å². The van der Waals surface area contributed by atoms with Crippen LogP contribution in [0.5, 0.6) is 0 Å². The molecule has 2 N–H and O–H groups in total. The number of amides is 1. The molecule has 5 aromatic rings. The fourth-order valence-electron chi connectivity index (χ4n) is 4.93. The summed E-state index contributed by atoms with van der Waals surface area (Å²) in [5.74, 6) is 1.45. The van der Waals surface area contributed by atoms with Crippen LogP contribution in [0.3, 0.4) is 0 Å². The second-order valence-electron chi connectivity index (χ2n) is 10.3. The van der Waals surface area contributed by atoms with Gasteiger partial charge >= 0.3 is 0 Å². The number of carbonyl (C=O) groups excluding carboxylic acids is 1. The molecular weight excluding hydrogens is 586 g/mol. The lowest BCUT2D eigenvalue weighted by Gasteiger charge is -2.26. The molecule has 0 bridgehead atoms. The number of morpholine rings is 1. The average Bonchev–Trinajstić information content (AvgIpc) is 3.58. The van der Waals surface area contributed by atoms with Crippen molar-refractivity contribution in [3.63, 3.8) is 0 Å². The van der Waals surface area contributed by atoms with Crippen molar-refractivity contribution in [1.29, 1.82) is 0 Å². The lowest BCUT2D eigenvalue weighted by molar-refractivity contribution is -0.115. The van der Waals surface area contributed by atoms with E-state index in [0.717, 1.165) is 11.2 Å². The van der Waals surface area contributed by atoms with Gasteiger partial charge in [0.05, 0.1) is 41.4 Å². The predicted molar refractivity (Wildman–Crippen MR) is 164 cm³/mol. The molecule has 1 aliphatic heterocycles. The predicted octanol–water partition coefficient (Wildman–Crippen LogP) is 3.37. The van der Waals surface area contributed by atoms with E-state index in [1.54, 1.807) is 54.1 Å². The highest BCUT2D eigenvalue weighted by atomic mass is 32.2. The number of sulfonamides is 1. The highest BCUT2D eigenvalue weighted by Crippen LogP contribution is 2.32. The van der Waals surface area contributed by atoms with Gasteiger partial charge in [0.15, 0.2) is 0 Å². The quantitative estimate of drug-likeness (QED) is 0.250. The Labute approximate surface area is 253 Å². The summed E-state index contributed by atoms with van der Waals surface area (Å²) >= 11 is 0. The Bertz CT molecular complexity index is 1930. The molecule has 1 fully saturated rings. The van der Waals surface area contributed by atoms with Crippen molar-refractivity contribution in [2.24, 2.45) is 7.05 Å². The van der Waals surface area contributed by atoms with Gasteiger partial charge in [-0.1, -0.05) is 17.3 Å². The molecule has 15 heteroatoms. The number of fused-ring (bicyclic) bond motifs is 1. The second kappa shape index (κ2) is 12.0. The van der Waals surface area contributed by atoms with Gasteiger partial charge in [0.2, 0.25) is 27.8 Å². The number of aromatic nitrogens is 5. The zero-order valence-corrected chi connectivity index (χ0v) is 25.2. The molecule has 6 rings (SSSR count). The maximum atomic E-state index is 13.1. The summed E-state index contributed by atoms with van der Waals surface area (Å²) < 4.78 is 40.0. The average molecular weight is 618 g/mol. The van der Waals surface area contributed by atoms with Gasteiger partial charge in [-0.3, -0.25) is 10.1 Å². The van der Waals surface area contributed by atoms with Crippen LogP contribution in [-0.4, -0.2) is 76.7 Å². The van der Waals surface area contributed by atoms with Crippen molar-refractivity contribution in [2.45, 2.75) is 18.2 Å². The summed E-state index contributed by atoms with van der Waals surface area (Å²) in [4.78, 5) is 28.4. The number of hydrogen-bond acceptors (Lipinski definition) is 11. The molecule has 0 spiro atoms. The number of ether oxygens (including phenoxy) is 1. The number of para-hydroxylation sites is 1. The first-order chi connectivity index (χ1) is 21.2. The van der Waals surface area contributed by atoms with Gasteiger partial charge in [-0.25, -0.2) is 18.4 Å². The van der Waals surface area contributed by atoms with Crippen molar-refractivity contribution in [1.82, 2.24) is 29.0 Å². The molecule has 2 aromatic carbocycles. The fraction of sp³-hybridized carbons (Fsp3) is 0.276. The van der Waals surface area contributed by atoms with E-state index in [1.165, 1.54) is 4.31 Å². The van der Waals surface area contributed by atoms with Gasteiger partial charge in [0, 0.05) is 45.1 Å². The first kappa shape index (κ1) is 29.2. The molecule has 3 aromatic heterocycles. The molecule has 44 heavy (non-hydrogen) atoms. The van der Waals surface area contributed by atoms with Crippen molar-refractivity contribution < 1.29 is 22.5 Å². The number of rotatable bonds is 9. The van der Waals surface area contributed by atoms with E-state index in [0.29, 0.717) is 66.7 Å². The molecule has 1 saturated heterocycles. The van der Waals surface area contributed by atoms with Gasteiger partial charge in [-0.05, 0) is 43.3 Å². The summed E-state index contributed by atoms with van der Waals surface area (Å²) in [5, 5.41) is 9.80. The molecule has 1 amide bonds. The fourth-order valence-corrected chi connectivity index (χ4v) is 6.38. The molecule has 0 radical (unpaired) electrons. The number of benzene rings is 2. The van der Waals surface area contributed by atoms with Gasteiger partial charge in [0.1, 0.15) is 17.1 Å². The van der Waals surface area contributed by atoms with E-state index >= 15 is 0 Å². The first-order valence-electron chi connectivity index (χ1n) is 13.9. The number of nitrogens with one attached hydrogen (secondary N) is 2. The van der Waals surface area contributed by atoms with Crippen LogP contribution >= 0.6 is 0 Å². The van der Waals surface area contributed by atoms with Crippen LogP contribution in [0.4, 0.5) is 29.1 Å². The Morgan fingerprint density at radius 2 is 1.86 bits per heavy atom. The van der Waals surface area contributed by atoms with E-state index in [9.17, 15) is 13.2 Å². The largest absolute Gasteiger partial charge is 0.379 e. The van der Waals surface area contributed by atoms with Crippen LogP contribution in [0.15, 0.2) is 70.2 Å². The molecule has 0 saturated carbocycles. The normalized spacial score (nSPS) is 14.1. The summed E-state index contributed by atoms with van der Waals surface area (Å²) in [7, 11) is 0.0257. The molecule has 14 nitrogen and oxygen atoms in total. The standard InChI is InChI=1S/C29H31N9O5S/c1-19-16-21(43-35-19)18-26(39)33-29-34-27-23(8-5-9-24(27)37(29)3)36(2)25-10-11-30-28(32-25)31-20-6-4-7-22(17-20)44(40,41)38-12-14-42-15-13-38/h4-11,16-17H,12-15,18H2,1-3H3,(H,30,31,32)(H,33,34,39). The van der Waals surface area contributed by atoms with Crippen molar-refractivity contribution in [3.05, 3.63) is 72.2 Å². The minimum absolute atomic E-state index is 0.0373. The van der Waals surface area contributed by atoms with Crippen molar-refractivity contribution >= 4 is 56.1 Å². The van der Waals surface area contributed by atoms with Crippen LogP contribution in [-0.2, 0) is 33.0 Å². The van der Waals surface area contributed by atoms with E-state index in [1.807, 2.05) is 37.2 Å². The van der Waals surface area contributed by atoms with Gasteiger partial charge in [0.25, 0.3) is 0 Å². The Kier molecular flexibility index (Phi) is 7.99. The Balaban J connectivity index is 1.22. The van der Waals surface area contributed by atoms with Gasteiger partial charge < -0.3 is 24.0 Å². The molecule has 228 valence electrons. The van der Waals surface area contributed by atoms with E-state index in [4.69, 9.17) is 14.2 Å². The Morgan fingerprint density at radius 1 is 1.07 bits per heavy atom. The van der Waals surface area contributed by atoms with Gasteiger partial charge in [-0.2, -0.15) is 9.29 Å². The number of imidazole rings is 1. The Morgan fingerprint density at radius 3 is 2.64 bits per heavy atom. The third-order valence-electron chi connectivity index (χ3n) is 7.20. The number of aryl methyl sites for hydroxylation is 2. The van der Waals surface area contributed by atoms with Crippen LogP contribution in [0, 0.1) is 6.92 Å². The number of nitrogens with zero attached hydrogens (tertiary/aromatic N) is 7. The maximum absolute atomic E-state index is 13.1. The molecular formula is C29H31N9O5S. The first-order valence-corrected chi connectivity index (χ1v) is 15.3. The van der Waals surface area contributed by atoms with E-state index in [2.05, 4.69) is 25.8 Å². The third-order valence-corrected chi connectivity index (χ3v) is 9.09. The molecule has 0 aliphatic carbocycles. The van der Waals surface area contributed by atoms with Crippen molar-refractivity contribution in [2.75, 3.05) is 48.9 Å². The summed E-state index contributed by atoms with van der Waals surface area (Å²) in [6, 6.07) is 15.8. The molecule has 0 atom stereocenters. The minimum atomic E-state index is -3.66. The topological polar surface area (TPSA) is 161 Å². The second-order valence-corrected chi connectivity index (χ2v) is 12.2. The zero-order valence-electron chi connectivity index (χ0n) is 24.4. The smallest absolute Gasteiger partial charge is 0.243 e.